The van der Waals surface area contributed by atoms with E-state index in [0.29, 0.717) is 5.01 Å². The summed E-state index contributed by atoms with van der Waals surface area (Å²) >= 11 is 0. The maximum atomic E-state index is 11.9. The number of aldehydes is 1. The molecule has 0 rings (SSSR count). The summed E-state index contributed by atoms with van der Waals surface area (Å²) in [6.07, 6.45) is -3.01. The molecule has 8 heteroatoms. The molecule has 122 valence electrons. The molecule has 0 aromatic heterocycles. The van der Waals surface area contributed by atoms with Crippen molar-refractivity contribution < 1.29 is 29.0 Å². The lowest BCUT2D eigenvalue weighted by atomic mass is 10.2. The summed E-state index contributed by atoms with van der Waals surface area (Å²) < 4.78 is 10.1. The summed E-state index contributed by atoms with van der Waals surface area (Å²) in [5.41, 5.74) is 0.588. The topological polar surface area (TPSA) is 105 Å². The van der Waals surface area contributed by atoms with E-state index in [9.17, 15) is 19.5 Å². The van der Waals surface area contributed by atoms with E-state index in [2.05, 4.69) is 5.43 Å². The third-order valence-electron chi connectivity index (χ3n) is 1.77. The zero-order chi connectivity index (χ0) is 16.8. The monoisotopic (exact) mass is 304 g/mol. The average molecular weight is 304 g/mol. The molecule has 0 aromatic rings. The predicted molar refractivity (Wildman–Crippen MR) is 74.4 cm³/mol. The van der Waals surface area contributed by atoms with E-state index in [0.717, 1.165) is 0 Å². The van der Waals surface area contributed by atoms with Crippen molar-refractivity contribution in [3.05, 3.63) is 0 Å². The molecule has 21 heavy (non-hydrogen) atoms. The second kappa shape index (κ2) is 7.26. The van der Waals surface area contributed by atoms with Crippen molar-refractivity contribution in [2.45, 2.75) is 58.8 Å². The Morgan fingerprint density at radius 3 is 2.00 bits per heavy atom. The maximum Gasteiger partial charge on any atom is 0.429 e. The van der Waals surface area contributed by atoms with Crippen molar-refractivity contribution in [2.24, 2.45) is 0 Å². The highest BCUT2D eigenvalue weighted by atomic mass is 16.6. The molecule has 0 aliphatic carbocycles. The number of ether oxygens (including phenoxy) is 2. The maximum absolute atomic E-state index is 11.9. The van der Waals surface area contributed by atoms with Crippen LogP contribution in [0.4, 0.5) is 9.59 Å². The van der Waals surface area contributed by atoms with Crippen LogP contribution < -0.4 is 5.43 Å². The van der Waals surface area contributed by atoms with Crippen LogP contribution in [0, 0.1) is 0 Å². The fourth-order valence-electron chi connectivity index (χ4n) is 1.12. The first-order valence-electron chi connectivity index (χ1n) is 6.47. The molecule has 0 aliphatic heterocycles. The van der Waals surface area contributed by atoms with Gasteiger partial charge in [-0.15, -0.1) is 0 Å². The fourth-order valence-corrected chi connectivity index (χ4v) is 1.12. The molecule has 0 fully saturated rings. The van der Waals surface area contributed by atoms with Gasteiger partial charge in [-0.05, 0) is 41.5 Å². The average Bonchev–Trinajstić information content (AvgIpc) is 2.22. The molecule has 0 saturated heterocycles. The molecule has 0 aromatic carbocycles. The van der Waals surface area contributed by atoms with E-state index in [4.69, 9.17) is 9.47 Å². The summed E-state index contributed by atoms with van der Waals surface area (Å²) in [7, 11) is 0. The van der Waals surface area contributed by atoms with Gasteiger partial charge in [0.15, 0.2) is 0 Å². The highest BCUT2D eigenvalue weighted by Crippen LogP contribution is 2.10. The van der Waals surface area contributed by atoms with E-state index in [1.165, 1.54) is 0 Å². The summed E-state index contributed by atoms with van der Waals surface area (Å²) in [6, 6.07) is 0. The number of aliphatic hydroxyl groups is 1. The van der Waals surface area contributed by atoms with Crippen LogP contribution in [0.2, 0.25) is 0 Å². The molecule has 0 heterocycles. The van der Waals surface area contributed by atoms with E-state index in [1.807, 2.05) is 0 Å². The van der Waals surface area contributed by atoms with Gasteiger partial charge >= 0.3 is 12.2 Å². The number of amides is 2. The second-order valence-corrected chi connectivity index (χ2v) is 6.41. The minimum atomic E-state index is -1.45. The molecular formula is C13H24N2O6. The molecule has 0 aliphatic rings. The molecule has 0 bridgehead atoms. The van der Waals surface area contributed by atoms with E-state index >= 15 is 0 Å². The summed E-state index contributed by atoms with van der Waals surface area (Å²) in [5.74, 6) is 0. The Kier molecular flexibility index (Phi) is 6.62. The number of rotatable bonds is 3. The van der Waals surface area contributed by atoms with Crippen LogP contribution in [0.3, 0.4) is 0 Å². The number of hydrazine groups is 1. The number of nitrogens with one attached hydrogen (secondary N) is 1. The lowest BCUT2D eigenvalue weighted by Crippen LogP contribution is -2.52. The molecule has 0 unspecified atom stereocenters. The molecule has 0 radical (unpaired) electrons. The first-order chi connectivity index (χ1) is 9.34. The van der Waals surface area contributed by atoms with Crippen LogP contribution in [-0.4, -0.2) is 52.4 Å². The number of nitrogens with zero attached hydrogens (tertiary/aromatic N) is 1. The van der Waals surface area contributed by atoms with Crippen LogP contribution in [0.5, 0.6) is 0 Å². The van der Waals surface area contributed by atoms with Crippen LogP contribution in [0.1, 0.15) is 41.5 Å². The third kappa shape index (κ3) is 9.67. The Balaban J connectivity index is 4.85. The first kappa shape index (κ1) is 19.2. The van der Waals surface area contributed by atoms with Gasteiger partial charge in [0.25, 0.3) is 0 Å². The quantitative estimate of drug-likeness (QED) is 0.600. The third-order valence-corrected chi connectivity index (χ3v) is 1.77. The zero-order valence-corrected chi connectivity index (χ0v) is 13.3. The predicted octanol–water partition coefficient (Wildman–Crippen LogP) is 1.22. The van der Waals surface area contributed by atoms with Crippen molar-refractivity contribution in [2.75, 3.05) is 6.54 Å². The van der Waals surface area contributed by atoms with Gasteiger partial charge in [-0.1, -0.05) is 0 Å². The largest absolute Gasteiger partial charge is 0.443 e. The van der Waals surface area contributed by atoms with Crippen molar-refractivity contribution in [1.29, 1.82) is 0 Å². The Bertz CT molecular complexity index is 383. The van der Waals surface area contributed by atoms with Crippen molar-refractivity contribution in [3.8, 4) is 0 Å². The Labute approximate surface area is 124 Å². The molecule has 0 spiro atoms. The Hall–Kier alpha value is -1.83. The highest BCUT2D eigenvalue weighted by Gasteiger charge is 2.27. The van der Waals surface area contributed by atoms with Gasteiger partial charge in [-0.2, -0.15) is 0 Å². The Morgan fingerprint density at radius 2 is 1.62 bits per heavy atom. The van der Waals surface area contributed by atoms with Gasteiger partial charge in [0, 0.05) is 0 Å². The number of hydrogen-bond acceptors (Lipinski definition) is 6. The number of carbonyl (C=O) groups excluding carboxylic acids is 3. The SMILES string of the molecule is CC(C)(C)OC(=O)NN(C[C@H](O)C=O)C(=O)OC(C)(C)C. The van der Waals surface area contributed by atoms with Gasteiger partial charge in [0.05, 0.1) is 6.54 Å². The van der Waals surface area contributed by atoms with Crippen LogP contribution in [0.15, 0.2) is 0 Å². The molecule has 1 atom stereocenters. The van der Waals surface area contributed by atoms with E-state index in [-0.39, 0.29) is 6.29 Å². The smallest absolute Gasteiger partial charge is 0.429 e. The number of aliphatic hydroxyl groups excluding tert-OH is 1. The minimum Gasteiger partial charge on any atom is -0.443 e. The normalized spacial score (nSPS) is 13.1. The fraction of sp³-hybridized carbons (Fsp3) is 0.769. The van der Waals surface area contributed by atoms with Crippen molar-refractivity contribution >= 4 is 18.5 Å². The molecule has 2 amide bonds. The van der Waals surface area contributed by atoms with E-state index in [1.54, 1.807) is 41.5 Å². The molecule has 0 saturated carbocycles. The molecule has 8 nitrogen and oxygen atoms in total. The lowest BCUT2D eigenvalue weighted by molar-refractivity contribution is -0.116. The van der Waals surface area contributed by atoms with Gasteiger partial charge in [-0.3, -0.25) is 0 Å². The van der Waals surface area contributed by atoms with Gasteiger partial charge in [0.2, 0.25) is 0 Å². The van der Waals surface area contributed by atoms with Crippen LogP contribution in [-0.2, 0) is 14.3 Å². The Morgan fingerprint density at radius 1 is 1.14 bits per heavy atom. The van der Waals surface area contributed by atoms with Crippen molar-refractivity contribution in [1.82, 2.24) is 10.4 Å². The summed E-state index contributed by atoms with van der Waals surface area (Å²) in [4.78, 5) is 34.1. The van der Waals surface area contributed by atoms with E-state index < -0.39 is 36.0 Å². The summed E-state index contributed by atoms with van der Waals surface area (Å²) in [6.45, 7) is 9.46. The zero-order valence-electron chi connectivity index (χ0n) is 13.3. The van der Waals surface area contributed by atoms with Crippen molar-refractivity contribution in [3.63, 3.8) is 0 Å². The van der Waals surface area contributed by atoms with Gasteiger partial charge < -0.3 is 19.4 Å². The first-order valence-corrected chi connectivity index (χ1v) is 6.47. The second-order valence-electron chi connectivity index (χ2n) is 6.41. The minimum absolute atomic E-state index is 0.244. The summed E-state index contributed by atoms with van der Waals surface area (Å²) in [5, 5.41) is 10.0. The van der Waals surface area contributed by atoms with Crippen LogP contribution >= 0.6 is 0 Å². The molecular weight excluding hydrogens is 280 g/mol. The molecule has 2 N–H and O–H groups in total. The van der Waals surface area contributed by atoms with Gasteiger partial charge in [-0.25, -0.2) is 20.0 Å². The lowest BCUT2D eigenvalue weighted by Gasteiger charge is -2.29. The number of hydrogen-bond donors (Lipinski definition) is 2. The number of carbonyl (C=O) groups is 3. The van der Waals surface area contributed by atoms with Gasteiger partial charge in [0.1, 0.15) is 23.6 Å². The highest BCUT2D eigenvalue weighted by molar-refractivity contribution is 5.75. The standard InChI is InChI=1S/C13H24N2O6/c1-12(2,3)20-10(18)14-15(7-9(17)8-16)11(19)21-13(4,5)6/h8-9,17H,7H2,1-6H3,(H,14,18)/t9-/m0/s1. The van der Waals surface area contributed by atoms with Crippen LogP contribution in [0.25, 0.3) is 0 Å².